The summed E-state index contributed by atoms with van der Waals surface area (Å²) in [6, 6.07) is 0. The average molecular weight is 138 g/mol. The van der Waals surface area contributed by atoms with Gasteiger partial charge in [0.15, 0.2) is 0 Å². The Morgan fingerprint density at radius 3 is 3.00 bits per heavy atom. The molecule has 0 aromatic carbocycles. The van der Waals surface area contributed by atoms with Crippen LogP contribution in [0.3, 0.4) is 0 Å². The monoisotopic (exact) mass is 138 g/mol. The van der Waals surface area contributed by atoms with Gasteiger partial charge >= 0.3 is 0 Å². The number of nitrogens with zero attached hydrogens (tertiary/aromatic N) is 2. The SMILES string of the molecule is [2H]c1nc(C2CC2)c([2H])nc1O. The Balaban J connectivity index is 2.47. The largest absolute Gasteiger partial charge is 0.492 e. The zero-order chi connectivity index (χ0) is 8.72. The van der Waals surface area contributed by atoms with Gasteiger partial charge in [0.1, 0.15) is 0 Å². The minimum absolute atomic E-state index is 0.00556. The normalized spacial score (nSPS) is 20.0. The minimum Gasteiger partial charge on any atom is -0.492 e. The zero-order valence-electron chi connectivity index (χ0n) is 7.33. The first-order valence-corrected chi connectivity index (χ1v) is 3.22. The summed E-state index contributed by atoms with van der Waals surface area (Å²) in [5, 5.41) is 8.95. The first-order valence-electron chi connectivity index (χ1n) is 4.22. The molecule has 0 amide bonds. The first kappa shape index (κ1) is 3.91. The van der Waals surface area contributed by atoms with Crippen molar-refractivity contribution in [2.45, 2.75) is 18.8 Å². The van der Waals surface area contributed by atoms with Crippen molar-refractivity contribution in [3.8, 4) is 5.88 Å². The zero-order valence-corrected chi connectivity index (χ0v) is 5.33. The van der Waals surface area contributed by atoms with Crippen molar-refractivity contribution in [3.05, 3.63) is 18.0 Å². The fourth-order valence-corrected chi connectivity index (χ4v) is 0.810. The van der Waals surface area contributed by atoms with Crippen molar-refractivity contribution in [2.24, 2.45) is 0 Å². The number of aromatic nitrogens is 2. The van der Waals surface area contributed by atoms with Crippen LogP contribution in [0.15, 0.2) is 12.3 Å². The van der Waals surface area contributed by atoms with E-state index in [1.54, 1.807) is 0 Å². The van der Waals surface area contributed by atoms with Gasteiger partial charge in [-0.05, 0) is 12.8 Å². The fourth-order valence-electron chi connectivity index (χ4n) is 0.810. The maximum absolute atomic E-state index is 8.95. The van der Waals surface area contributed by atoms with Crippen LogP contribution in [0.1, 0.15) is 27.2 Å². The van der Waals surface area contributed by atoms with E-state index in [9.17, 15) is 0 Å². The van der Waals surface area contributed by atoms with Crippen molar-refractivity contribution in [1.29, 1.82) is 0 Å². The highest BCUT2D eigenvalue weighted by Gasteiger charge is 2.24. The Hall–Kier alpha value is -1.12. The third-order valence-electron chi connectivity index (χ3n) is 1.52. The Kier molecular flexibility index (Phi) is 0.756. The quantitative estimate of drug-likeness (QED) is 0.631. The Labute approximate surface area is 61.6 Å². The predicted octanol–water partition coefficient (Wildman–Crippen LogP) is 1.06. The summed E-state index contributed by atoms with van der Waals surface area (Å²) in [5.41, 5.74) is 0.554. The molecule has 1 N–H and O–H groups in total. The van der Waals surface area contributed by atoms with Gasteiger partial charge in [0.05, 0.1) is 20.8 Å². The van der Waals surface area contributed by atoms with Gasteiger partial charge in [0.2, 0.25) is 5.88 Å². The van der Waals surface area contributed by atoms with Crippen molar-refractivity contribution in [2.75, 3.05) is 0 Å². The molecule has 2 rings (SSSR count). The van der Waals surface area contributed by atoms with E-state index in [1.165, 1.54) is 0 Å². The molecule has 1 heterocycles. The van der Waals surface area contributed by atoms with Crippen LogP contribution in [-0.4, -0.2) is 15.1 Å². The molecule has 0 bridgehead atoms. The molecule has 0 saturated heterocycles. The average Bonchev–Trinajstić information content (AvgIpc) is 2.79. The van der Waals surface area contributed by atoms with E-state index < -0.39 is 5.88 Å². The molecule has 3 nitrogen and oxygen atoms in total. The van der Waals surface area contributed by atoms with E-state index in [0.29, 0.717) is 11.6 Å². The first-order chi connectivity index (χ1) is 5.68. The van der Waals surface area contributed by atoms with Crippen LogP contribution in [0.25, 0.3) is 0 Å². The Morgan fingerprint density at radius 1 is 1.50 bits per heavy atom. The lowest BCUT2D eigenvalue weighted by Crippen LogP contribution is -1.86. The van der Waals surface area contributed by atoms with Gasteiger partial charge in [-0.15, -0.1) is 0 Å². The number of hydrogen-bond acceptors (Lipinski definition) is 3. The van der Waals surface area contributed by atoms with E-state index in [2.05, 4.69) is 9.97 Å². The molecule has 1 aromatic rings. The fraction of sp³-hybridized carbons (Fsp3) is 0.429. The summed E-state index contributed by atoms with van der Waals surface area (Å²) in [4.78, 5) is 7.31. The molecular formula is C7H8N2O. The number of rotatable bonds is 1. The summed E-state index contributed by atoms with van der Waals surface area (Å²) in [7, 11) is 0. The summed E-state index contributed by atoms with van der Waals surface area (Å²) < 4.78 is 14.5. The number of hydrogen-bond donors (Lipinski definition) is 1. The van der Waals surface area contributed by atoms with Crippen LogP contribution >= 0.6 is 0 Å². The van der Waals surface area contributed by atoms with Gasteiger partial charge in [0, 0.05) is 5.92 Å². The Bertz CT molecular complexity index is 325. The van der Waals surface area contributed by atoms with Gasteiger partial charge in [0.25, 0.3) is 0 Å². The molecule has 1 fully saturated rings. The lowest BCUT2D eigenvalue weighted by Gasteiger charge is -1.93. The maximum atomic E-state index is 8.95. The minimum atomic E-state index is -0.454. The van der Waals surface area contributed by atoms with Crippen molar-refractivity contribution in [3.63, 3.8) is 0 Å². The maximum Gasteiger partial charge on any atom is 0.229 e. The summed E-state index contributed by atoms with van der Waals surface area (Å²) in [6.45, 7) is 0. The highest BCUT2D eigenvalue weighted by atomic mass is 16.3. The number of aromatic hydroxyl groups is 1. The van der Waals surface area contributed by atoms with Crippen molar-refractivity contribution < 1.29 is 7.85 Å². The molecule has 0 unspecified atom stereocenters. The van der Waals surface area contributed by atoms with Gasteiger partial charge in [-0.3, -0.25) is 4.98 Å². The van der Waals surface area contributed by atoms with Crippen LogP contribution < -0.4 is 0 Å². The standard InChI is InChI=1S/C7H8N2O/c10-7-4-8-6(3-9-7)5-1-2-5/h3-5H,1-2H2,(H,9,10)/i3D,4D. The van der Waals surface area contributed by atoms with Crippen LogP contribution in [-0.2, 0) is 0 Å². The molecule has 52 valence electrons. The Morgan fingerprint density at radius 2 is 2.30 bits per heavy atom. The highest BCUT2D eigenvalue weighted by molar-refractivity contribution is 5.13. The lowest BCUT2D eigenvalue weighted by molar-refractivity contribution is 0.449. The van der Waals surface area contributed by atoms with Gasteiger partial charge < -0.3 is 5.11 Å². The van der Waals surface area contributed by atoms with Gasteiger partial charge in [-0.25, -0.2) is 4.98 Å². The molecule has 1 saturated carbocycles. The molecule has 1 aromatic heterocycles. The molecule has 0 aliphatic heterocycles. The molecule has 0 atom stereocenters. The van der Waals surface area contributed by atoms with Crippen LogP contribution in [0, 0.1) is 0 Å². The predicted molar refractivity (Wildman–Crippen MR) is 35.7 cm³/mol. The summed E-state index contributed by atoms with van der Waals surface area (Å²) >= 11 is 0. The molecule has 1 aliphatic carbocycles. The van der Waals surface area contributed by atoms with Crippen molar-refractivity contribution in [1.82, 2.24) is 9.97 Å². The van der Waals surface area contributed by atoms with E-state index >= 15 is 0 Å². The van der Waals surface area contributed by atoms with Crippen LogP contribution in [0.5, 0.6) is 5.88 Å². The smallest absolute Gasteiger partial charge is 0.229 e. The second-order valence-electron chi connectivity index (χ2n) is 2.43. The lowest BCUT2D eigenvalue weighted by atomic mass is 10.3. The van der Waals surface area contributed by atoms with Crippen LogP contribution in [0.4, 0.5) is 0 Å². The van der Waals surface area contributed by atoms with E-state index in [4.69, 9.17) is 7.85 Å². The molecule has 0 spiro atoms. The van der Waals surface area contributed by atoms with E-state index in [1.807, 2.05) is 0 Å². The van der Waals surface area contributed by atoms with E-state index in [-0.39, 0.29) is 12.3 Å². The topological polar surface area (TPSA) is 46.0 Å². The molecular weight excluding hydrogens is 128 g/mol. The second kappa shape index (κ2) is 1.94. The second-order valence-corrected chi connectivity index (χ2v) is 2.43. The van der Waals surface area contributed by atoms with Crippen molar-refractivity contribution >= 4 is 0 Å². The molecule has 1 aliphatic rings. The van der Waals surface area contributed by atoms with Crippen LogP contribution in [0.2, 0.25) is 0 Å². The third-order valence-corrected chi connectivity index (χ3v) is 1.52. The molecule has 0 radical (unpaired) electrons. The molecule has 10 heavy (non-hydrogen) atoms. The van der Waals surface area contributed by atoms with Gasteiger partial charge in [-0.2, -0.15) is 0 Å². The third kappa shape index (κ3) is 0.943. The summed E-state index contributed by atoms with van der Waals surface area (Å²) in [5.74, 6) is -0.154. The summed E-state index contributed by atoms with van der Waals surface area (Å²) in [6.07, 6.45) is 1.81. The highest BCUT2D eigenvalue weighted by Crippen LogP contribution is 2.38. The van der Waals surface area contributed by atoms with E-state index in [0.717, 1.165) is 12.8 Å². The molecule has 3 heteroatoms. The van der Waals surface area contributed by atoms with Gasteiger partial charge in [-0.1, -0.05) is 0 Å².